The number of carboxylic acids is 1. The van der Waals surface area contributed by atoms with Crippen LogP contribution >= 0.6 is 0 Å². The van der Waals surface area contributed by atoms with Crippen molar-refractivity contribution in [1.82, 2.24) is 10.3 Å². The summed E-state index contributed by atoms with van der Waals surface area (Å²) >= 11 is 0. The van der Waals surface area contributed by atoms with Crippen molar-refractivity contribution < 1.29 is 24.9 Å². The molecule has 0 aliphatic carbocycles. The van der Waals surface area contributed by atoms with Gasteiger partial charge in [0.2, 0.25) is 5.91 Å². The molecule has 0 spiro atoms. The molecule has 2 atom stereocenters. The van der Waals surface area contributed by atoms with Gasteiger partial charge in [-0.3, -0.25) is 9.78 Å². The van der Waals surface area contributed by atoms with Crippen LogP contribution in [0.4, 0.5) is 0 Å². The summed E-state index contributed by atoms with van der Waals surface area (Å²) in [4.78, 5) is 25.2. The third kappa shape index (κ3) is 3.79. The molecule has 0 radical (unpaired) electrons. The van der Waals surface area contributed by atoms with Crippen LogP contribution in [0.3, 0.4) is 0 Å². The number of aromatic carboxylic acids is 1. The van der Waals surface area contributed by atoms with Crippen molar-refractivity contribution in [3.8, 4) is 0 Å². The molecule has 98 valence electrons. The number of nitrogens with one attached hydrogen (secondary N) is 1. The Morgan fingerprint density at radius 2 is 2.11 bits per heavy atom. The quantitative estimate of drug-likeness (QED) is 0.552. The van der Waals surface area contributed by atoms with Crippen LogP contribution in [0.2, 0.25) is 0 Å². The highest BCUT2D eigenvalue weighted by atomic mass is 16.4. The lowest BCUT2D eigenvalue weighted by molar-refractivity contribution is -0.119. The SMILES string of the molecule is CC(=O)NCC(O)C(O)c1cc(C(=O)O)ccn1. The van der Waals surface area contributed by atoms with Gasteiger partial charge in [-0.1, -0.05) is 0 Å². The Bertz CT molecular complexity index is 449. The second-order valence-electron chi connectivity index (χ2n) is 3.72. The van der Waals surface area contributed by atoms with Crippen LogP contribution in [0, 0.1) is 0 Å². The van der Waals surface area contributed by atoms with Gasteiger partial charge in [0.1, 0.15) is 12.2 Å². The summed E-state index contributed by atoms with van der Waals surface area (Å²) in [5.41, 5.74) is -0.00136. The van der Waals surface area contributed by atoms with Gasteiger partial charge < -0.3 is 20.6 Å². The van der Waals surface area contributed by atoms with Gasteiger partial charge in [0.25, 0.3) is 0 Å². The van der Waals surface area contributed by atoms with Crippen LogP contribution in [0.5, 0.6) is 0 Å². The average molecular weight is 254 g/mol. The zero-order valence-electron chi connectivity index (χ0n) is 9.70. The zero-order valence-corrected chi connectivity index (χ0v) is 9.70. The van der Waals surface area contributed by atoms with Crippen molar-refractivity contribution in [3.63, 3.8) is 0 Å². The van der Waals surface area contributed by atoms with Crippen LogP contribution in [-0.4, -0.2) is 44.8 Å². The highest BCUT2D eigenvalue weighted by molar-refractivity contribution is 5.87. The third-order valence-electron chi connectivity index (χ3n) is 2.26. The number of amides is 1. The van der Waals surface area contributed by atoms with E-state index in [9.17, 15) is 19.8 Å². The number of aromatic nitrogens is 1. The summed E-state index contributed by atoms with van der Waals surface area (Å²) in [5.74, 6) is -1.49. The standard InChI is InChI=1S/C11H14N2O5/c1-6(14)13-5-9(15)10(16)8-4-7(11(17)18)2-3-12-8/h2-4,9-10,15-16H,5H2,1H3,(H,13,14)(H,17,18). The number of carbonyl (C=O) groups is 2. The van der Waals surface area contributed by atoms with E-state index in [2.05, 4.69) is 10.3 Å². The normalized spacial score (nSPS) is 13.7. The number of nitrogens with zero attached hydrogens (tertiary/aromatic N) is 1. The van der Waals surface area contributed by atoms with Gasteiger partial charge in [0.05, 0.1) is 11.3 Å². The Labute approximate surface area is 103 Å². The second kappa shape index (κ2) is 6.08. The Kier molecular flexibility index (Phi) is 4.75. The molecule has 4 N–H and O–H groups in total. The molecule has 7 nitrogen and oxygen atoms in total. The molecule has 0 aromatic carbocycles. The molecule has 1 amide bonds. The molecule has 1 heterocycles. The predicted octanol–water partition coefficient (Wildman–Crippen LogP) is -0.690. The summed E-state index contributed by atoms with van der Waals surface area (Å²) in [5, 5.41) is 30.5. The fraction of sp³-hybridized carbons (Fsp3) is 0.364. The minimum Gasteiger partial charge on any atom is -0.478 e. The first-order valence-corrected chi connectivity index (χ1v) is 5.21. The number of carboxylic acid groups (broad SMARTS) is 1. The molecule has 1 rings (SSSR count). The number of aliphatic hydroxyl groups is 2. The summed E-state index contributed by atoms with van der Waals surface area (Å²) in [6, 6.07) is 2.45. The highest BCUT2D eigenvalue weighted by Gasteiger charge is 2.20. The molecule has 18 heavy (non-hydrogen) atoms. The molecule has 0 saturated heterocycles. The van der Waals surface area contributed by atoms with Gasteiger partial charge in [-0.25, -0.2) is 4.79 Å². The number of pyridine rings is 1. The predicted molar refractivity (Wildman–Crippen MR) is 60.8 cm³/mol. The Morgan fingerprint density at radius 3 is 2.67 bits per heavy atom. The lowest BCUT2D eigenvalue weighted by atomic mass is 10.1. The average Bonchev–Trinajstić information content (AvgIpc) is 2.35. The van der Waals surface area contributed by atoms with Crippen molar-refractivity contribution in [2.75, 3.05) is 6.54 Å². The van der Waals surface area contributed by atoms with Crippen LogP contribution < -0.4 is 5.32 Å². The first kappa shape index (κ1) is 14.1. The van der Waals surface area contributed by atoms with Gasteiger partial charge >= 0.3 is 5.97 Å². The smallest absolute Gasteiger partial charge is 0.335 e. The van der Waals surface area contributed by atoms with E-state index in [1.165, 1.54) is 25.3 Å². The van der Waals surface area contributed by atoms with Crippen molar-refractivity contribution in [1.29, 1.82) is 0 Å². The van der Waals surface area contributed by atoms with E-state index in [0.717, 1.165) is 0 Å². The maximum Gasteiger partial charge on any atom is 0.335 e. The molecule has 1 aromatic heterocycles. The fourth-order valence-corrected chi connectivity index (χ4v) is 1.30. The first-order chi connectivity index (χ1) is 8.41. The highest BCUT2D eigenvalue weighted by Crippen LogP contribution is 2.15. The van der Waals surface area contributed by atoms with E-state index in [1.54, 1.807) is 0 Å². The van der Waals surface area contributed by atoms with E-state index < -0.39 is 18.2 Å². The topological polar surface area (TPSA) is 120 Å². The molecule has 2 unspecified atom stereocenters. The minimum absolute atomic E-state index is 0.0350. The lowest BCUT2D eigenvalue weighted by Crippen LogP contribution is -2.34. The van der Waals surface area contributed by atoms with Gasteiger partial charge in [-0.2, -0.15) is 0 Å². The molecular weight excluding hydrogens is 240 g/mol. The van der Waals surface area contributed by atoms with Crippen molar-refractivity contribution in [3.05, 3.63) is 29.6 Å². The monoisotopic (exact) mass is 254 g/mol. The summed E-state index contributed by atoms with van der Waals surface area (Å²) < 4.78 is 0. The van der Waals surface area contributed by atoms with E-state index >= 15 is 0 Å². The molecule has 0 aliphatic rings. The fourth-order valence-electron chi connectivity index (χ4n) is 1.30. The molecule has 0 bridgehead atoms. The number of rotatable bonds is 5. The minimum atomic E-state index is -1.36. The van der Waals surface area contributed by atoms with E-state index in [4.69, 9.17) is 5.11 Å². The van der Waals surface area contributed by atoms with Gasteiger partial charge in [0.15, 0.2) is 0 Å². The number of hydrogen-bond donors (Lipinski definition) is 4. The Balaban J connectivity index is 2.76. The largest absolute Gasteiger partial charge is 0.478 e. The van der Waals surface area contributed by atoms with Gasteiger partial charge in [0, 0.05) is 19.7 Å². The molecule has 7 heteroatoms. The molecule has 0 saturated carbocycles. The lowest BCUT2D eigenvalue weighted by Gasteiger charge is -2.17. The summed E-state index contributed by atoms with van der Waals surface area (Å²) in [7, 11) is 0. The van der Waals surface area contributed by atoms with E-state index in [-0.39, 0.29) is 23.7 Å². The van der Waals surface area contributed by atoms with Crippen molar-refractivity contribution in [2.24, 2.45) is 0 Å². The van der Waals surface area contributed by atoms with Crippen LogP contribution in [-0.2, 0) is 4.79 Å². The van der Waals surface area contributed by atoms with Gasteiger partial charge in [-0.05, 0) is 12.1 Å². The number of carbonyl (C=O) groups excluding carboxylic acids is 1. The molecule has 0 aliphatic heterocycles. The van der Waals surface area contributed by atoms with Crippen LogP contribution in [0.25, 0.3) is 0 Å². The Hall–Kier alpha value is -1.99. The summed E-state index contributed by atoms with van der Waals surface area (Å²) in [6.07, 6.45) is -1.39. The summed E-state index contributed by atoms with van der Waals surface area (Å²) in [6.45, 7) is 1.14. The van der Waals surface area contributed by atoms with E-state index in [0.29, 0.717) is 0 Å². The van der Waals surface area contributed by atoms with Crippen LogP contribution in [0.1, 0.15) is 29.1 Å². The Morgan fingerprint density at radius 1 is 1.44 bits per heavy atom. The maximum absolute atomic E-state index is 10.7. The number of hydrogen-bond acceptors (Lipinski definition) is 5. The van der Waals surface area contributed by atoms with E-state index in [1.807, 2.05) is 0 Å². The number of aliphatic hydroxyl groups excluding tert-OH is 2. The second-order valence-corrected chi connectivity index (χ2v) is 3.72. The molecular formula is C11H14N2O5. The van der Waals surface area contributed by atoms with Crippen molar-refractivity contribution in [2.45, 2.75) is 19.1 Å². The zero-order chi connectivity index (χ0) is 13.7. The van der Waals surface area contributed by atoms with Gasteiger partial charge in [-0.15, -0.1) is 0 Å². The van der Waals surface area contributed by atoms with Crippen LogP contribution in [0.15, 0.2) is 18.3 Å². The third-order valence-corrected chi connectivity index (χ3v) is 2.26. The molecule has 0 fully saturated rings. The maximum atomic E-state index is 10.7. The first-order valence-electron chi connectivity index (χ1n) is 5.21. The molecule has 1 aromatic rings. The van der Waals surface area contributed by atoms with Crippen molar-refractivity contribution >= 4 is 11.9 Å².